The molecule has 0 aliphatic heterocycles. The standard InChI is InChI=1S/C17H9Cl2N3OS2/c18-10-2-3-12(19)11(6-10)14-7-24-17(21-14)22-16(23)9-1-4-13-15(5-9)25-8-20-13/h1-8H,(H,21,22,23). The average Bonchev–Trinajstić information content (AvgIpc) is 3.25. The molecule has 2 aromatic heterocycles. The summed E-state index contributed by atoms with van der Waals surface area (Å²) in [5.74, 6) is -0.214. The van der Waals surface area contributed by atoms with E-state index in [0.717, 1.165) is 15.8 Å². The van der Waals surface area contributed by atoms with Crippen molar-refractivity contribution in [3.05, 3.63) is 62.9 Å². The minimum Gasteiger partial charge on any atom is -0.298 e. The summed E-state index contributed by atoms with van der Waals surface area (Å²) in [4.78, 5) is 21.1. The second-order valence-electron chi connectivity index (χ2n) is 5.15. The van der Waals surface area contributed by atoms with Gasteiger partial charge in [0, 0.05) is 21.5 Å². The number of hydrogen-bond acceptors (Lipinski definition) is 5. The average molecular weight is 406 g/mol. The summed E-state index contributed by atoms with van der Waals surface area (Å²) in [6.07, 6.45) is 0. The smallest absolute Gasteiger partial charge is 0.257 e. The summed E-state index contributed by atoms with van der Waals surface area (Å²) in [5, 5.41) is 6.29. The first-order chi connectivity index (χ1) is 12.1. The molecule has 0 bridgehead atoms. The maximum atomic E-state index is 12.4. The number of thiazole rings is 2. The lowest BCUT2D eigenvalue weighted by Gasteiger charge is -2.03. The van der Waals surface area contributed by atoms with Gasteiger partial charge in [-0.3, -0.25) is 10.1 Å². The van der Waals surface area contributed by atoms with Gasteiger partial charge in [0.2, 0.25) is 0 Å². The minimum atomic E-state index is -0.214. The molecule has 2 heterocycles. The SMILES string of the molecule is O=C(Nc1nc(-c2cc(Cl)ccc2Cl)cs1)c1ccc2ncsc2c1. The molecule has 4 nitrogen and oxygen atoms in total. The van der Waals surface area contributed by atoms with Gasteiger partial charge >= 0.3 is 0 Å². The Morgan fingerprint density at radius 1 is 1.08 bits per heavy atom. The number of benzene rings is 2. The van der Waals surface area contributed by atoms with Gasteiger partial charge in [0.1, 0.15) is 0 Å². The Bertz CT molecular complexity index is 1090. The van der Waals surface area contributed by atoms with Crippen molar-refractivity contribution >= 4 is 67.1 Å². The van der Waals surface area contributed by atoms with Gasteiger partial charge < -0.3 is 0 Å². The van der Waals surface area contributed by atoms with E-state index in [-0.39, 0.29) is 5.91 Å². The lowest BCUT2D eigenvalue weighted by molar-refractivity contribution is 0.102. The lowest BCUT2D eigenvalue weighted by Crippen LogP contribution is -2.11. The van der Waals surface area contributed by atoms with Crippen LogP contribution in [0.5, 0.6) is 0 Å². The third-order valence-electron chi connectivity index (χ3n) is 3.52. The van der Waals surface area contributed by atoms with Crippen LogP contribution < -0.4 is 5.32 Å². The maximum Gasteiger partial charge on any atom is 0.257 e. The highest BCUT2D eigenvalue weighted by molar-refractivity contribution is 7.16. The van der Waals surface area contributed by atoms with Crippen molar-refractivity contribution in [1.29, 1.82) is 0 Å². The quantitative estimate of drug-likeness (QED) is 0.455. The summed E-state index contributed by atoms with van der Waals surface area (Å²) >= 11 is 15.1. The van der Waals surface area contributed by atoms with Crippen LogP contribution in [0.1, 0.15) is 10.4 Å². The number of hydrogen-bond donors (Lipinski definition) is 1. The van der Waals surface area contributed by atoms with Crippen LogP contribution in [0.4, 0.5) is 5.13 Å². The van der Waals surface area contributed by atoms with Gasteiger partial charge in [0.15, 0.2) is 5.13 Å². The monoisotopic (exact) mass is 405 g/mol. The van der Waals surface area contributed by atoms with Crippen molar-refractivity contribution in [2.75, 3.05) is 5.32 Å². The van der Waals surface area contributed by atoms with Crippen LogP contribution in [-0.2, 0) is 0 Å². The van der Waals surface area contributed by atoms with E-state index in [1.54, 1.807) is 29.8 Å². The van der Waals surface area contributed by atoms with Crippen LogP contribution in [0.3, 0.4) is 0 Å². The Hall–Kier alpha value is -1.99. The molecule has 0 aliphatic rings. The predicted molar refractivity (Wildman–Crippen MR) is 105 cm³/mol. The second kappa shape index (κ2) is 6.72. The topological polar surface area (TPSA) is 54.9 Å². The Morgan fingerprint density at radius 3 is 2.84 bits per heavy atom. The van der Waals surface area contributed by atoms with Crippen LogP contribution in [0.15, 0.2) is 47.3 Å². The number of halogens is 2. The van der Waals surface area contributed by atoms with Gasteiger partial charge in [-0.15, -0.1) is 22.7 Å². The number of carbonyl (C=O) groups excluding carboxylic acids is 1. The summed E-state index contributed by atoms with van der Waals surface area (Å²) in [6.45, 7) is 0. The maximum absolute atomic E-state index is 12.4. The zero-order valence-corrected chi connectivity index (χ0v) is 15.6. The zero-order chi connectivity index (χ0) is 17.4. The number of aromatic nitrogens is 2. The van der Waals surface area contributed by atoms with E-state index in [1.807, 2.05) is 17.5 Å². The van der Waals surface area contributed by atoms with Crippen LogP contribution in [0.2, 0.25) is 10.0 Å². The molecule has 0 atom stereocenters. The van der Waals surface area contributed by atoms with Crippen molar-refractivity contribution in [3.8, 4) is 11.3 Å². The number of anilines is 1. The Kier molecular flexibility index (Phi) is 4.43. The fourth-order valence-corrected chi connectivity index (χ4v) is 4.12. The molecular formula is C17H9Cl2N3OS2. The second-order valence-corrected chi connectivity index (χ2v) is 7.74. The van der Waals surface area contributed by atoms with E-state index in [1.165, 1.54) is 22.7 Å². The number of rotatable bonds is 3. The van der Waals surface area contributed by atoms with E-state index in [4.69, 9.17) is 23.2 Å². The largest absolute Gasteiger partial charge is 0.298 e. The van der Waals surface area contributed by atoms with Crippen molar-refractivity contribution in [3.63, 3.8) is 0 Å². The highest BCUT2D eigenvalue weighted by Crippen LogP contribution is 2.32. The number of nitrogens with zero attached hydrogens (tertiary/aromatic N) is 2. The molecule has 2 aromatic carbocycles. The molecule has 0 saturated heterocycles. The molecule has 0 fully saturated rings. The molecule has 25 heavy (non-hydrogen) atoms. The predicted octanol–water partition coefficient (Wildman–Crippen LogP) is 5.98. The normalized spacial score (nSPS) is 11.0. The molecule has 1 amide bonds. The number of fused-ring (bicyclic) bond motifs is 1. The molecule has 4 rings (SSSR count). The molecule has 1 N–H and O–H groups in total. The number of carbonyl (C=O) groups is 1. The van der Waals surface area contributed by atoms with Gasteiger partial charge in [-0.05, 0) is 36.4 Å². The number of amides is 1. The lowest BCUT2D eigenvalue weighted by atomic mass is 10.2. The molecule has 0 radical (unpaired) electrons. The van der Waals surface area contributed by atoms with Crippen LogP contribution in [0.25, 0.3) is 21.5 Å². The summed E-state index contributed by atoms with van der Waals surface area (Å²) in [5.41, 5.74) is 4.61. The first-order valence-electron chi connectivity index (χ1n) is 7.16. The Balaban J connectivity index is 1.58. The summed E-state index contributed by atoms with van der Waals surface area (Å²) in [7, 11) is 0. The third kappa shape index (κ3) is 3.39. The summed E-state index contributed by atoms with van der Waals surface area (Å²) in [6, 6.07) is 10.6. The highest BCUT2D eigenvalue weighted by atomic mass is 35.5. The molecule has 0 aliphatic carbocycles. The first kappa shape index (κ1) is 16.5. The van der Waals surface area contributed by atoms with Gasteiger partial charge in [-0.25, -0.2) is 9.97 Å². The fourth-order valence-electron chi connectivity index (χ4n) is 2.31. The molecular weight excluding hydrogens is 397 g/mol. The van der Waals surface area contributed by atoms with E-state index in [0.29, 0.717) is 26.4 Å². The van der Waals surface area contributed by atoms with Crippen molar-refractivity contribution in [1.82, 2.24) is 9.97 Å². The van der Waals surface area contributed by atoms with Gasteiger partial charge in [0.25, 0.3) is 5.91 Å². The van der Waals surface area contributed by atoms with Crippen LogP contribution >= 0.6 is 45.9 Å². The minimum absolute atomic E-state index is 0.214. The first-order valence-corrected chi connectivity index (χ1v) is 9.67. The van der Waals surface area contributed by atoms with Crippen LogP contribution in [0, 0.1) is 0 Å². The van der Waals surface area contributed by atoms with Gasteiger partial charge in [-0.1, -0.05) is 23.2 Å². The van der Waals surface area contributed by atoms with Gasteiger partial charge in [-0.2, -0.15) is 0 Å². The van der Waals surface area contributed by atoms with Crippen molar-refractivity contribution < 1.29 is 4.79 Å². The zero-order valence-electron chi connectivity index (χ0n) is 12.5. The van der Waals surface area contributed by atoms with Crippen molar-refractivity contribution in [2.45, 2.75) is 0 Å². The van der Waals surface area contributed by atoms with E-state index in [2.05, 4.69) is 15.3 Å². The number of nitrogens with one attached hydrogen (secondary N) is 1. The Morgan fingerprint density at radius 2 is 1.96 bits per heavy atom. The molecule has 0 saturated carbocycles. The molecule has 4 aromatic rings. The third-order valence-corrected chi connectivity index (χ3v) is 5.64. The highest BCUT2D eigenvalue weighted by Gasteiger charge is 2.13. The van der Waals surface area contributed by atoms with Crippen LogP contribution in [-0.4, -0.2) is 15.9 Å². The summed E-state index contributed by atoms with van der Waals surface area (Å²) < 4.78 is 0.971. The molecule has 8 heteroatoms. The van der Waals surface area contributed by atoms with Crippen molar-refractivity contribution in [2.24, 2.45) is 0 Å². The molecule has 0 spiro atoms. The van der Waals surface area contributed by atoms with E-state index in [9.17, 15) is 4.79 Å². The fraction of sp³-hybridized carbons (Fsp3) is 0. The van der Waals surface area contributed by atoms with Gasteiger partial charge in [0.05, 0.1) is 26.4 Å². The van der Waals surface area contributed by atoms with E-state index < -0.39 is 0 Å². The Labute approximate surface area is 161 Å². The van der Waals surface area contributed by atoms with E-state index >= 15 is 0 Å². The molecule has 0 unspecified atom stereocenters. The molecule has 124 valence electrons.